The highest BCUT2D eigenvalue weighted by Crippen LogP contribution is 2.36. The van der Waals surface area contributed by atoms with Gasteiger partial charge in [-0.25, -0.2) is 13.4 Å². The van der Waals surface area contributed by atoms with E-state index in [-0.39, 0.29) is 0 Å². The van der Waals surface area contributed by atoms with Gasteiger partial charge in [-0.1, -0.05) is 0 Å². The molecule has 0 saturated carbocycles. The first-order valence-electron chi connectivity index (χ1n) is 7.86. The van der Waals surface area contributed by atoms with Crippen LogP contribution in [0.5, 0.6) is 0 Å². The van der Waals surface area contributed by atoms with Crippen LogP contribution in [0.15, 0.2) is 23.1 Å². The van der Waals surface area contributed by atoms with Crippen LogP contribution in [0.3, 0.4) is 0 Å². The lowest BCUT2D eigenvalue weighted by molar-refractivity contribution is 0.300. The van der Waals surface area contributed by atoms with Gasteiger partial charge in [0, 0.05) is 24.4 Å². The lowest BCUT2D eigenvalue weighted by atomic mass is 9.99. The van der Waals surface area contributed by atoms with Crippen molar-refractivity contribution in [3.63, 3.8) is 0 Å². The number of fused-ring (bicyclic) bond motifs is 3. The summed E-state index contributed by atoms with van der Waals surface area (Å²) < 4.78 is 25.8. The Morgan fingerprint density at radius 3 is 2.55 bits per heavy atom. The first-order valence-corrected chi connectivity index (χ1v) is 9.75. The Balaban J connectivity index is 1.80. The quantitative estimate of drug-likeness (QED) is 0.922. The summed E-state index contributed by atoms with van der Waals surface area (Å²) in [5.74, 6) is 0.979. The summed E-state index contributed by atoms with van der Waals surface area (Å²) in [6, 6.07) is 7.02. The number of piperidine rings is 1. The Morgan fingerprint density at radius 2 is 1.91 bits per heavy atom. The predicted octanol–water partition coefficient (Wildman–Crippen LogP) is 2.20. The van der Waals surface area contributed by atoms with Gasteiger partial charge in [-0.3, -0.25) is 0 Å². The molecule has 6 heteroatoms. The van der Waals surface area contributed by atoms with Crippen LogP contribution in [0.4, 0.5) is 0 Å². The molecule has 4 rings (SSSR count). The van der Waals surface area contributed by atoms with Crippen LogP contribution in [0.2, 0.25) is 0 Å². The maximum atomic E-state index is 11.7. The Morgan fingerprint density at radius 1 is 1.23 bits per heavy atom. The van der Waals surface area contributed by atoms with Gasteiger partial charge in [-0.2, -0.15) is 0 Å². The summed E-state index contributed by atoms with van der Waals surface area (Å²) >= 11 is 0. The normalized spacial score (nSPS) is 28.4. The minimum atomic E-state index is -3.19. The van der Waals surface area contributed by atoms with Gasteiger partial charge in [-0.05, 0) is 50.8 Å². The molecule has 2 bridgehead atoms. The number of nitrogens with zero attached hydrogens (tertiary/aromatic N) is 2. The Hall–Kier alpha value is -1.40. The molecule has 0 amide bonds. The molecule has 118 valence electrons. The number of nitrogens with one attached hydrogen (secondary N) is 1. The lowest BCUT2D eigenvalue weighted by Gasteiger charge is -2.31. The van der Waals surface area contributed by atoms with Crippen molar-refractivity contribution in [2.45, 2.75) is 55.6 Å². The van der Waals surface area contributed by atoms with Gasteiger partial charge in [0.25, 0.3) is 0 Å². The summed E-state index contributed by atoms with van der Waals surface area (Å²) in [6.45, 7) is 2.02. The summed E-state index contributed by atoms with van der Waals surface area (Å²) in [7, 11) is -3.19. The Labute approximate surface area is 130 Å². The second-order valence-corrected chi connectivity index (χ2v) is 8.73. The van der Waals surface area contributed by atoms with Crippen LogP contribution >= 0.6 is 0 Å². The van der Waals surface area contributed by atoms with E-state index < -0.39 is 9.84 Å². The maximum Gasteiger partial charge on any atom is 0.175 e. The fourth-order valence-electron chi connectivity index (χ4n) is 4.13. The third kappa shape index (κ3) is 2.25. The number of imidazole rings is 1. The zero-order valence-corrected chi connectivity index (χ0v) is 13.7. The van der Waals surface area contributed by atoms with E-state index in [9.17, 15) is 8.42 Å². The highest BCUT2D eigenvalue weighted by Gasteiger charge is 2.35. The van der Waals surface area contributed by atoms with Crippen molar-refractivity contribution in [3.8, 4) is 0 Å². The van der Waals surface area contributed by atoms with Gasteiger partial charge in [0.2, 0.25) is 0 Å². The molecule has 2 aliphatic heterocycles. The maximum absolute atomic E-state index is 11.7. The zero-order valence-electron chi connectivity index (χ0n) is 12.9. The SMILES string of the molecule is Cc1nc2cc(S(C)(=O)=O)ccc2n1[C@H]1C[C@H]2CC[C@@H](C1)N2. The molecule has 2 aliphatic rings. The summed E-state index contributed by atoms with van der Waals surface area (Å²) in [5, 5.41) is 3.67. The minimum absolute atomic E-state index is 0.343. The van der Waals surface area contributed by atoms with E-state index in [0.29, 0.717) is 23.0 Å². The van der Waals surface area contributed by atoms with Crippen molar-refractivity contribution in [1.29, 1.82) is 0 Å². The van der Waals surface area contributed by atoms with Crippen molar-refractivity contribution in [1.82, 2.24) is 14.9 Å². The van der Waals surface area contributed by atoms with Crippen molar-refractivity contribution < 1.29 is 8.42 Å². The van der Waals surface area contributed by atoms with Gasteiger partial charge in [0.1, 0.15) is 5.82 Å². The van der Waals surface area contributed by atoms with Crippen LogP contribution in [-0.4, -0.2) is 36.3 Å². The van der Waals surface area contributed by atoms with Crippen LogP contribution in [0.1, 0.15) is 37.5 Å². The third-order valence-electron chi connectivity index (χ3n) is 5.08. The first-order chi connectivity index (χ1) is 10.4. The van der Waals surface area contributed by atoms with E-state index in [1.165, 1.54) is 19.1 Å². The number of hydrogen-bond acceptors (Lipinski definition) is 4. The Kier molecular flexibility index (Phi) is 3.10. The van der Waals surface area contributed by atoms with Crippen LogP contribution in [0, 0.1) is 6.92 Å². The van der Waals surface area contributed by atoms with Crippen molar-refractivity contribution >= 4 is 20.9 Å². The zero-order chi connectivity index (χ0) is 15.5. The number of aromatic nitrogens is 2. The predicted molar refractivity (Wildman–Crippen MR) is 85.8 cm³/mol. The fraction of sp³-hybridized carbons (Fsp3) is 0.562. The van der Waals surface area contributed by atoms with E-state index in [2.05, 4.69) is 14.9 Å². The largest absolute Gasteiger partial charge is 0.325 e. The smallest absolute Gasteiger partial charge is 0.175 e. The van der Waals surface area contributed by atoms with E-state index >= 15 is 0 Å². The molecule has 5 nitrogen and oxygen atoms in total. The molecule has 0 unspecified atom stereocenters. The van der Waals surface area contributed by atoms with Gasteiger partial charge in [0.15, 0.2) is 9.84 Å². The molecule has 0 aliphatic carbocycles. The molecule has 1 N–H and O–H groups in total. The summed E-state index contributed by atoms with van der Waals surface area (Å²) in [5.41, 5.74) is 1.84. The number of benzene rings is 1. The van der Waals surface area contributed by atoms with E-state index in [4.69, 9.17) is 0 Å². The molecule has 2 saturated heterocycles. The molecule has 0 radical (unpaired) electrons. The lowest BCUT2D eigenvalue weighted by Crippen LogP contribution is -2.39. The number of hydrogen-bond donors (Lipinski definition) is 1. The molecule has 1 aromatic heterocycles. The fourth-order valence-corrected chi connectivity index (χ4v) is 4.77. The Bertz CT molecular complexity index is 828. The average Bonchev–Trinajstić information content (AvgIpc) is 2.95. The molecule has 1 aromatic carbocycles. The first kappa shape index (κ1) is 14.2. The highest BCUT2D eigenvalue weighted by atomic mass is 32.2. The monoisotopic (exact) mass is 319 g/mol. The van der Waals surface area contributed by atoms with Crippen LogP contribution in [0.25, 0.3) is 11.0 Å². The number of aryl methyl sites for hydroxylation is 1. The van der Waals surface area contributed by atoms with Gasteiger partial charge < -0.3 is 9.88 Å². The number of sulfone groups is 1. The second-order valence-electron chi connectivity index (χ2n) is 6.71. The van der Waals surface area contributed by atoms with Gasteiger partial charge in [-0.15, -0.1) is 0 Å². The van der Waals surface area contributed by atoms with Gasteiger partial charge >= 0.3 is 0 Å². The molecule has 22 heavy (non-hydrogen) atoms. The van der Waals surface area contributed by atoms with Crippen molar-refractivity contribution in [2.24, 2.45) is 0 Å². The third-order valence-corrected chi connectivity index (χ3v) is 6.19. The minimum Gasteiger partial charge on any atom is -0.325 e. The molecule has 2 aromatic rings. The second kappa shape index (κ2) is 4.80. The number of rotatable bonds is 2. The molecule has 3 heterocycles. The summed E-state index contributed by atoms with van der Waals surface area (Å²) in [6.07, 6.45) is 6.05. The average molecular weight is 319 g/mol. The molecule has 2 fully saturated rings. The standard InChI is InChI=1S/C16H21N3O2S/c1-10-17-15-9-14(22(2,20)21)5-6-16(15)19(10)13-7-11-3-4-12(8-13)18-11/h5-6,9,11-13,18H,3-4,7-8H2,1-2H3/t11-,12+,13+. The topological polar surface area (TPSA) is 64.0 Å². The van der Waals surface area contributed by atoms with Gasteiger partial charge in [0.05, 0.1) is 15.9 Å². The highest BCUT2D eigenvalue weighted by molar-refractivity contribution is 7.90. The van der Waals surface area contributed by atoms with Crippen LogP contribution < -0.4 is 5.32 Å². The molecular weight excluding hydrogens is 298 g/mol. The summed E-state index contributed by atoms with van der Waals surface area (Å²) in [4.78, 5) is 4.95. The van der Waals surface area contributed by atoms with Crippen LogP contribution in [-0.2, 0) is 9.84 Å². The van der Waals surface area contributed by atoms with E-state index in [0.717, 1.165) is 29.7 Å². The molecular formula is C16H21N3O2S. The van der Waals surface area contributed by atoms with Crippen molar-refractivity contribution in [3.05, 3.63) is 24.0 Å². The van der Waals surface area contributed by atoms with E-state index in [1.807, 2.05) is 13.0 Å². The van der Waals surface area contributed by atoms with Crippen molar-refractivity contribution in [2.75, 3.05) is 6.26 Å². The van der Waals surface area contributed by atoms with E-state index in [1.54, 1.807) is 12.1 Å². The molecule has 0 spiro atoms. The molecule has 3 atom stereocenters.